The molecule has 1 aromatic heterocycles. The van der Waals surface area contributed by atoms with E-state index in [-0.39, 0.29) is 10.7 Å². The van der Waals surface area contributed by atoms with Crippen molar-refractivity contribution in [2.24, 2.45) is 0 Å². The van der Waals surface area contributed by atoms with Gasteiger partial charge in [0.1, 0.15) is 11.7 Å². The summed E-state index contributed by atoms with van der Waals surface area (Å²) >= 11 is 5.55. The van der Waals surface area contributed by atoms with Gasteiger partial charge in [-0.05, 0) is 12.1 Å². The van der Waals surface area contributed by atoms with E-state index in [1.54, 1.807) is 0 Å². The highest BCUT2D eigenvalue weighted by molar-refractivity contribution is 6.29. The lowest BCUT2D eigenvalue weighted by atomic mass is 10.2. The largest absolute Gasteiger partial charge is 0.406 e. The zero-order valence-electron chi connectivity index (χ0n) is 9.12. The SMILES string of the molecule is O=C(c1ccnc(Cl)c1)N(CCO)CC(F)(F)F. The minimum atomic E-state index is -4.53. The van der Waals surface area contributed by atoms with Crippen LogP contribution in [-0.2, 0) is 0 Å². The van der Waals surface area contributed by atoms with Crippen molar-refractivity contribution >= 4 is 17.5 Å². The lowest BCUT2D eigenvalue weighted by Gasteiger charge is -2.23. The van der Waals surface area contributed by atoms with Gasteiger partial charge in [0.05, 0.1) is 6.61 Å². The molecule has 0 saturated heterocycles. The molecule has 8 heteroatoms. The summed E-state index contributed by atoms with van der Waals surface area (Å²) < 4.78 is 36.8. The van der Waals surface area contributed by atoms with Crippen LogP contribution in [0, 0.1) is 0 Å². The predicted octanol–water partition coefficient (Wildman–Crippen LogP) is 1.73. The van der Waals surface area contributed by atoms with Crippen molar-refractivity contribution in [3.8, 4) is 0 Å². The average molecular weight is 283 g/mol. The molecule has 0 atom stereocenters. The number of nitrogens with zero attached hydrogens (tertiary/aromatic N) is 2. The van der Waals surface area contributed by atoms with Gasteiger partial charge in [-0.15, -0.1) is 0 Å². The van der Waals surface area contributed by atoms with Gasteiger partial charge in [-0.1, -0.05) is 11.6 Å². The van der Waals surface area contributed by atoms with Crippen LogP contribution in [0.5, 0.6) is 0 Å². The molecular weight excluding hydrogens is 273 g/mol. The summed E-state index contributed by atoms with van der Waals surface area (Å²) in [5.41, 5.74) is -0.00676. The van der Waals surface area contributed by atoms with Crippen LogP contribution in [0.4, 0.5) is 13.2 Å². The predicted molar refractivity (Wildman–Crippen MR) is 58.3 cm³/mol. The number of pyridine rings is 1. The Bertz CT molecular complexity index is 426. The maximum atomic E-state index is 12.3. The molecule has 1 rings (SSSR count). The molecule has 0 bridgehead atoms. The Hall–Kier alpha value is -1.34. The number of amides is 1. The third kappa shape index (κ3) is 4.50. The van der Waals surface area contributed by atoms with Gasteiger partial charge in [0.2, 0.25) is 0 Å². The van der Waals surface area contributed by atoms with Crippen LogP contribution in [0.15, 0.2) is 18.3 Å². The Labute approximate surface area is 106 Å². The van der Waals surface area contributed by atoms with Crippen molar-refractivity contribution < 1.29 is 23.1 Å². The van der Waals surface area contributed by atoms with Crippen molar-refractivity contribution in [3.05, 3.63) is 29.0 Å². The minimum absolute atomic E-state index is 0.00676. The van der Waals surface area contributed by atoms with Crippen molar-refractivity contribution in [1.82, 2.24) is 9.88 Å². The number of halogens is 4. The Morgan fingerprint density at radius 3 is 2.67 bits per heavy atom. The molecule has 100 valence electrons. The molecule has 0 aliphatic rings. The second-order valence-electron chi connectivity index (χ2n) is 3.43. The van der Waals surface area contributed by atoms with E-state index in [9.17, 15) is 18.0 Å². The smallest absolute Gasteiger partial charge is 0.395 e. The molecule has 1 amide bonds. The second kappa shape index (κ2) is 6.01. The fraction of sp³-hybridized carbons (Fsp3) is 0.400. The van der Waals surface area contributed by atoms with Crippen LogP contribution in [0.25, 0.3) is 0 Å². The van der Waals surface area contributed by atoms with Gasteiger partial charge >= 0.3 is 6.18 Å². The molecule has 1 heterocycles. The van der Waals surface area contributed by atoms with Crippen LogP contribution < -0.4 is 0 Å². The number of alkyl halides is 3. The number of hydrogen-bond acceptors (Lipinski definition) is 3. The van der Waals surface area contributed by atoms with E-state index in [1.165, 1.54) is 18.3 Å². The second-order valence-corrected chi connectivity index (χ2v) is 3.82. The number of rotatable bonds is 4. The highest BCUT2D eigenvalue weighted by atomic mass is 35.5. The number of hydrogen-bond donors (Lipinski definition) is 1. The summed E-state index contributed by atoms with van der Waals surface area (Å²) in [4.78, 5) is 15.9. The van der Waals surface area contributed by atoms with Crippen molar-refractivity contribution in [3.63, 3.8) is 0 Å². The van der Waals surface area contributed by atoms with Crippen LogP contribution in [0.3, 0.4) is 0 Å². The number of aliphatic hydroxyl groups excluding tert-OH is 1. The summed E-state index contributed by atoms with van der Waals surface area (Å²) in [6, 6.07) is 2.43. The maximum absolute atomic E-state index is 12.3. The van der Waals surface area contributed by atoms with E-state index in [0.717, 1.165) is 0 Å². The first-order chi connectivity index (χ1) is 8.33. The molecule has 0 unspecified atom stereocenters. The highest BCUT2D eigenvalue weighted by Crippen LogP contribution is 2.18. The number of aromatic nitrogens is 1. The maximum Gasteiger partial charge on any atom is 0.406 e. The fourth-order valence-electron chi connectivity index (χ4n) is 1.31. The zero-order chi connectivity index (χ0) is 13.8. The Kier molecular flexibility index (Phi) is 4.92. The average Bonchev–Trinajstić information content (AvgIpc) is 2.26. The Balaban J connectivity index is 2.89. The number of carbonyl (C=O) groups is 1. The first-order valence-corrected chi connectivity index (χ1v) is 5.30. The standard InChI is InChI=1S/C10H10ClF3N2O2/c11-8-5-7(1-2-15-8)9(18)16(3-4-17)6-10(12,13)14/h1-2,5,17H,3-4,6H2. The van der Waals surface area contributed by atoms with Crippen LogP contribution >= 0.6 is 11.6 Å². The first kappa shape index (κ1) is 14.7. The molecule has 1 aromatic rings. The Morgan fingerprint density at radius 1 is 1.50 bits per heavy atom. The van der Waals surface area contributed by atoms with Gasteiger partial charge in [-0.2, -0.15) is 13.2 Å². The normalized spacial score (nSPS) is 11.4. The fourth-order valence-corrected chi connectivity index (χ4v) is 1.48. The molecule has 18 heavy (non-hydrogen) atoms. The van der Waals surface area contributed by atoms with E-state index in [1.807, 2.05) is 0 Å². The summed E-state index contributed by atoms with van der Waals surface area (Å²) in [5.74, 6) is -0.856. The Morgan fingerprint density at radius 2 is 2.17 bits per heavy atom. The molecule has 1 N–H and O–H groups in total. The topological polar surface area (TPSA) is 53.4 Å². The van der Waals surface area contributed by atoms with Crippen LogP contribution in [0.1, 0.15) is 10.4 Å². The third-order valence-corrected chi connectivity index (χ3v) is 2.21. The number of carbonyl (C=O) groups excluding carboxylic acids is 1. The van der Waals surface area contributed by atoms with E-state index in [4.69, 9.17) is 16.7 Å². The van der Waals surface area contributed by atoms with Gasteiger partial charge < -0.3 is 10.0 Å². The molecule has 0 saturated carbocycles. The molecule has 0 fully saturated rings. The molecule has 0 spiro atoms. The summed E-state index contributed by atoms with van der Waals surface area (Å²) in [5, 5.41) is 8.70. The molecule has 0 aliphatic carbocycles. The molecular formula is C10H10ClF3N2O2. The van der Waals surface area contributed by atoms with Crippen LogP contribution in [0.2, 0.25) is 5.15 Å². The summed E-state index contributed by atoms with van der Waals surface area (Å²) in [7, 11) is 0. The highest BCUT2D eigenvalue weighted by Gasteiger charge is 2.33. The van der Waals surface area contributed by atoms with Crippen molar-refractivity contribution in [2.45, 2.75) is 6.18 Å². The van der Waals surface area contributed by atoms with Gasteiger partial charge in [0.15, 0.2) is 0 Å². The molecule has 4 nitrogen and oxygen atoms in total. The monoisotopic (exact) mass is 282 g/mol. The first-order valence-electron chi connectivity index (χ1n) is 4.92. The van der Waals surface area contributed by atoms with Gasteiger partial charge in [0, 0.05) is 18.3 Å². The van der Waals surface area contributed by atoms with Crippen LogP contribution in [-0.4, -0.2) is 46.8 Å². The van der Waals surface area contributed by atoms with Crippen molar-refractivity contribution in [1.29, 1.82) is 0 Å². The quantitative estimate of drug-likeness (QED) is 0.856. The molecule has 0 aromatic carbocycles. The minimum Gasteiger partial charge on any atom is -0.395 e. The number of aliphatic hydroxyl groups is 1. The van der Waals surface area contributed by atoms with Gasteiger partial charge in [0.25, 0.3) is 5.91 Å². The lowest BCUT2D eigenvalue weighted by molar-refractivity contribution is -0.141. The van der Waals surface area contributed by atoms with Gasteiger partial charge in [-0.25, -0.2) is 4.98 Å². The summed E-state index contributed by atoms with van der Waals surface area (Å²) in [6.07, 6.45) is -3.30. The third-order valence-electron chi connectivity index (χ3n) is 2.00. The van der Waals surface area contributed by atoms with E-state index < -0.39 is 31.8 Å². The van der Waals surface area contributed by atoms with E-state index in [0.29, 0.717) is 4.90 Å². The van der Waals surface area contributed by atoms with Gasteiger partial charge in [-0.3, -0.25) is 4.79 Å². The lowest BCUT2D eigenvalue weighted by Crippen LogP contribution is -2.40. The summed E-state index contributed by atoms with van der Waals surface area (Å²) in [6.45, 7) is -2.38. The van der Waals surface area contributed by atoms with E-state index in [2.05, 4.69) is 4.98 Å². The van der Waals surface area contributed by atoms with E-state index >= 15 is 0 Å². The molecule has 0 aliphatic heterocycles. The zero-order valence-corrected chi connectivity index (χ0v) is 9.87. The molecule has 0 radical (unpaired) electrons. The van der Waals surface area contributed by atoms with Crippen molar-refractivity contribution in [2.75, 3.05) is 19.7 Å².